The van der Waals surface area contributed by atoms with Crippen LogP contribution in [0, 0.1) is 5.41 Å². The van der Waals surface area contributed by atoms with E-state index in [1.165, 1.54) is 64.1 Å². The van der Waals surface area contributed by atoms with Crippen molar-refractivity contribution >= 4 is 53.2 Å². The summed E-state index contributed by atoms with van der Waals surface area (Å²) < 4.78 is 28.0. The first kappa shape index (κ1) is 60.4. The van der Waals surface area contributed by atoms with Gasteiger partial charge in [-0.25, -0.2) is 9.59 Å². The molecule has 1 aliphatic rings. The van der Waals surface area contributed by atoms with Crippen LogP contribution in [0.3, 0.4) is 0 Å². The predicted octanol–water partition coefficient (Wildman–Crippen LogP) is 2.66. The number of amides is 6. The topological polar surface area (TPSA) is 277 Å². The summed E-state index contributed by atoms with van der Waals surface area (Å²) in [6, 6.07) is 13.2. The van der Waals surface area contributed by atoms with E-state index in [4.69, 9.17) is 23.7 Å². The first-order valence-electron chi connectivity index (χ1n) is 24.6. The molecule has 0 unspecified atom stereocenters. The van der Waals surface area contributed by atoms with E-state index in [0.717, 1.165) is 15.9 Å². The molecule has 0 aliphatic carbocycles. The fourth-order valence-electron chi connectivity index (χ4n) is 7.91. The number of carbonyl (C=O) groups is 9. The van der Waals surface area contributed by atoms with Crippen molar-refractivity contribution in [3.8, 4) is 28.7 Å². The average molecular weight is 1060 g/mol. The number of rotatable bonds is 27. The first-order valence-corrected chi connectivity index (χ1v) is 24.6. The van der Waals surface area contributed by atoms with E-state index < -0.39 is 97.2 Å². The molecule has 76 heavy (non-hydrogen) atoms. The third-order valence-electron chi connectivity index (χ3n) is 12.8. The average Bonchev–Trinajstić information content (AvgIpc) is 3.42. The Bertz CT molecular complexity index is 2590. The maximum Gasteiger partial charge on any atom is 0.330 e. The number of likely N-dealkylation sites (tertiary alicyclic amines) is 1. The Hall–Kier alpha value is -8.17. The monoisotopic (exact) mass is 1060 g/mol. The highest BCUT2D eigenvalue weighted by atomic mass is 16.5. The lowest BCUT2D eigenvalue weighted by Gasteiger charge is -2.36. The lowest BCUT2D eigenvalue weighted by atomic mass is 9.87. The number of phenolic OH excluding ortho intramolecular Hbond substituents is 2. The fraction of sp³-hybridized carbons (Fsp3) is 0.463. The zero-order valence-electron chi connectivity index (χ0n) is 44.4. The minimum atomic E-state index is -1.43. The third-order valence-corrected chi connectivity index (χ3v) is 12.8. The molecule has 412 valence electrons. The predicted molar refractivity (Wildman–Crippen MR) is 275 cm³/mol. The molecule has 3 aromatic rings. The Balaban J connectivity index is 1.54. The van der Waals surface area contributed by atoms with Gasteiger partial charge in [0.2, 0.25) is 35.2 Å². The van der Waals surface area contributed by atoms with Crippen LogP contribution in [0.2, 0.25) is 0 Å². The summed E-state index contributed by atoms with van der Waals surface area (Å²) >= 11 is 0. The molecule has 0 bridgehead atoms. The van der Waals surface area contributed by atoms with Gasteiger partial charge in [-0.3, -0.25) is 33.6 Å². The van der Waals surface area contributed by atoms with Gasteiger partial charge in [0.1, 0.15) is 36.3 Å². The van der Waals surface area contributed by atoms with E-state index >= 15 is 0 Å². The SMILES string of the molecule is C=CC(=O)OCC(C)(C)C(=O)C(=O)N1CCCC[C@H]1C(=O)O[C@H](CCc1ccc(OC)c(OC)c1O)c1cccc(OCC(=O)N(C)[C@@H](Cc2ccc(O)cc2)C(=O)NCC(=O)N(C)CC(=O)NCC(=O)N(C)CC)c1. The van der Waals surface area contributed by atoms with Crippen molar-refractivity contribution in [3.63, 3.8) is 0 Å². The van der Waals surface area contributed by atoms with E-state index in [9.17, 15) is 53.4 Å². The second-order valence-electron chi connectivity index (χ2n) is 18.7. The number of aromatic hydroxyl groups is 2. The Morgan fingerprint density at radius 3 is 2.21 bits per heavy atom. The lowest BCUT2D eigenvalue weighted by Crippen LogP contribution is -2.53. The van der Waals surface area contributed by atoms with Gasteiger partial charge in [-0.2, -0.15) is 0 Å². The molecule has 0 radical (unpaired) electrons. The number of hydrogen-bond acceptors (Lipinski definition) is 16. The number of benzene rings is 3. The molecule has 0 spiro atoms. The van der Waals surface area contributed by atoms with Gasteiger partial charge in [-0.15, -0.1) is 0 Å². The van der Waals surface area contributed by atoms with Crippen molar-refractivity contribution in [2.75, 3.05) is 81.3 Å². The number of ketones is 1. The molecule has 3 atom stereocenters. The van der Waals surface area contributed by atoms with Gasteiger partial charge in [0.25, 0.3) is 11.8 Å². The molecule has 3 aromatic carbocycles. The molecule has 4 N–H and O–H groups in total. The number of phenols is 2. The van der Waals surface area contributed by atoms with Crippen molar-refractivity contribution in [2.24, 2.45) is 5.41 Å². The van der Waals surface area contributed by atoms with E-state index in [1.54, 1.807) is 62.5 Å². The maximum atomic E-state index is 14.3. The number of nitrogens with zero attached hydrogens (tertiary/aromatic N) is 4. The van der Waals surface area contributed by atoms with Gasteiger partial charge < -0.3 is 64.1 Å². The Morgan fingerprint density at radius 2 is 1.55 bits per heavy atom. The molecule has 0 saturated carbocycles. The summed E-state index contributed by atoms with van der Waals surface area (Å²) in [5.41, 5.74) is -0.0392. The summed E-state index contributed by atoms with van der Waals surface area (Å²) in [4.78, 5) is 124. The Kier molecular flexibility index (Phi) is 22.6. The zero-order valence-corrected chi connectivity index (χ0v) is 44.4. The number of carbonyl (C=O) groups excluding carboxylic acids is 9. The van der Waals surface area contributed by atoms with Crippen molar-refractivity contribution in [1.29, 1.82) is 0 Å². The molecule has 0 aromatic heterocycles. The molecule has 1 aliphatic heterocycles. The van der Waals surface area contributed by atoms with Gasteiger partial charge in [-0.05, 0) is 99.9 Å². The summed E-state index contributed by atoms with van der Waals surface area (Å²) in [7, 11) is 7.12. The highest BCUT2D eigenvalue weighted by molar-refractivity contribution is 6.38. The molecule has 6 amide bonds. The van der Waals surface area contributed by atoms with Crippen LogP contribution in [0.15, 0.2) is 73.3 Å². The Morgan fingerprint density at radius 1 is 0.868 bits per heavy atom. The van der Waals surface area contributed by atoms with Crippen LogP contribution >= 0.6 is 0 Å². The summed E-state index contributed by atoms with van der Waals surface area (Å²) in [5, 5.41) is 26.0. The molecule has 22 nitrogen and oxygen atoms in total. The number of likely N-dealkylation sites (N-methyl/N-ethyl adjacent to an activating group) is 3. The van der Waals surface area contributed by atoms with Crippen LogP contribution in [0.1, 0.15) is 69.2 Å². The van der Waals surface area contributed by atoms with Gasteiger partial charge >= 0.3 is 11.9 Å². The number of esters is 2. The van der Waals surface area contributed by atoms with Gasteiger partial charge in [-0.1, -0.05) is 36.9 Å². The second kappa shape index (κ2) is 28.5. The second-order valence-corrected chi connectivity index (χ2v) is 18.7. The molecule has 1 heterocycles. The zero-order chi connectivity index (χ0) is 56.3. The minimum absolute atomic E-state index is 0.0237. The summed E-state index contributed by atoms with van der Waals surface area (Å²) in [5.74, 6) is -5.97. The van der Waals surface area contributed by atoms with E-state index in [0.29, 0.717) is 36.1 Å². The van der Waals surface area contributed by atoms with Gasteiger partial charge in [0, 0.05) is 46.7 Å². The van der Waals surface area contributed by atoms with Crippen molar-refractivity contribution in [2.45, 2.75) is 77.5 Å². The van der Waals surface area contributed by atoms with Crippen molar-refractivity contribution in [1.82, 2.24) is 30.2 Å². The quantitative estimate of drug-likeness (QED) is 0.0485. The van der Waals surface area contributed by atoms with Crippen LogP contribution in [-0.4, -0.2) is 176 Å². The molecular formula is C54H70N6O16. The number of methoxy groups -OCH3 is 2. The number of Topliss-reactive ketones (excluding diaryl/α,β-unsaturated/α-hetero) is 1. The number of nitrogens with one attached hydrogen (secondary N) is 2. The highest BCUT2D eigenvalue weighted by Crippen LogP contribution is 2.40. The molecule has 1 saturated heterocycles. The number of piperidine rings is 1. The van der Waals surface area contributed by atoms with Gasteiger partial charge in [0.05, 0.1) is 39.3 Å². The summed E-state index contributed by atoms with van der Waals surface area (Å²) in [6.07, 6.45) is 1.27. The van der Waals surface area contributed by atoms with Crippen molar-refractivity contribution in [3.05, 3.63) is 90.0 Å². The first-order chi connectivity index (χ1) is 36.0. The van der Waals surface area contributed by atoms with Gasteiger partial charge in [0.15, 0.2) is 18.1 Å². The number of hydrogen-bond donors (Lipinski definition) is 4. The largest absolute Gasteiger partial charge is 0.508 e. The third kappa shape index (κ3) is 16.9. The van der Waals surface area contributed by atoms with Crippen LogP contribution in [-0.2, 0) is 65.5 Å². The standard InChI is InChI=1S/C54H70N6O16/c1-10-47(66)75-33-54(3,4)50(68)52(70)60-26-13-12-17-39(60)53(71)76-41(24-20-35-21-25-42(72-8)49(73-9)48(35)67)36-15-14-16-38(28-36)74-32-46(65)59(7)40(27-34-18-22-37(61)23-19-34)51(69)56-30-45(64)58(6)31-43(62)55-29-44(63)57(5)11-2/h10,14-16,18-19,21-23,25,28,39-41,61,67H,1,11-13,17,20,24,26-27,29-33H2,2-9H3,(H,55,62)(H,56,69)/t39-,40-,41+/m0/s1. The van der Waals surface area contributed by atoms with Crippen LogP contribution in [0.4, 0.5) is 0 Å². The number of ether oxygens (including phenoxy) is 5. The fourth-order valence-corrected chi connectivity index (χ4v) is 7.91. The molecule has 4 rings (SSSR count). The maximum absolute atomic E-state index is 14.3. The van der Waals surface area contributed by atoms with Crippen LogP contribution in [0.5, 0.6) is 28.7 Å². The van der Waals surface area contributed by atoms with E-state index in [2.05, 4.69) is 17.2 Å². The van der Waals surface area contributed by atoms with E-state index in [-0.39, 0.29) is 73.4 Å². The normalized spacial score (nSPS) is 13.9. The minimum Gasteiger partial charge on any atom is -0.508 e. The highest BCUT2D eigenvalue weighted by Gasteiger charge is 2.42. The van der Waals surface area contributed by atoms with Crippen LogP contribution in [0.25, 0.3) is 0 Å². The molecule has 1 fully saturated rings. The lowest BCUT2D eigenvalue weighted by molar-refractivity contribution is -0.165. The van der Waals surface area contributed by atoms with Crippen molar-refractivity contribution < 1.29 is 77.0 Å². The van der Waals surface area contributed by atoms with E-state index in [1.807, 2.05) is 0 Å². The smallest absolute Gasteiger partial charge is 0.330 e. The summed E-state index contributed by atoms with van der Waals surface area (Å²) in [6.45, 7) is 6.39. The molecule has 22 heteroatoms. The van der Waals surface area contributed by atoms with Crippen LogP contribution < -0.4 is 24.8 Å². The molecular weight excluding hydrogens is 989 g/mol. The Labute approximate surface area is 442 Å². The number of aryl methyl sites for hydroxylation is 1.